The molecule has 190 valence electrons. The quantitative estimate of drug-likeness (QED) is 0.424. The molecule has 4 aromatic rings. The van der Waals surface area contributed by atoms with Gasteiger partial charge in [0.05, 0.1) is 19.7 Å². The highest BCUT2D eigenvalue weighted by atomic mass is 16.5. The average molecular weight is 500 g/mol. The number of nitrogens with two attached hydrogens (primary N) is 1. The van der Waals surface area contributed by atoms with Gasteiger partial charge >= 0.3 is 6.03 Å². The maximum atomic E-state index is 12.8. The molecule has 1 fully saturated rings. The molecule has 3 N–H and O–H groups in total. The van der Waals surface area contributed by atoms with Crippen molar-refractivity contribution in [1.29, 1.82) is 0 Å². The van der Waals surface area contributed by atoms with Crippen LogP contribution in [0, 0.1) is 6.92 Å². The molecular weight excluding hydrogens is 470 g/mol. The number of aryl methyl sites for hydroxylation is 1. The molecule has 0 bridgehead atoms. The molecule has 10 nitrogen and oxygen atoms in total. The van der Waals surface area contributed by atoms with Crippen molar-refractivity contribution in [2.45, 2.75) is 6.92 Å². The maximum absolute atomic E-state index is 12.8. The Kier molecular flexibility index (Phi) is 6.63. The second kappa shape index (κ2) is 10.2. The monoisotopic (exact) mass is 499 g/mol. The number of ether oxygens (including phenoxy) is 2. The Hall–Kier alpha value is -4.60. The summed E-state index contributed by atoms with van der Waals surface area (Å²) in [7, 11) is 3.21. The summed E-state index contributed by atoms with van der Waals surface area (Å²) in [6.07, 6.45) is 1.79. The third-order valence-corrected chi connectivity index (χ3v) is 6.39. The highest BCUT2D eigenvalue weighted by Gasteiger charge is 2.24. The van der Waals surface area contributed by atoms with Crippen LogP contribution in [0.3, 0.4) is 0 Å². The highest BCUT2D eigenvalue weighted by Crippen LogP contribution is 2.34. The van der Waals surface area contributed by atoms with Crippen LogP contribution in [0.2, 0.25) is 0 Å². The second-order valence-electron chi connectivity index (χ2n) is 8.84. The zero-order chi connectivity index (χ0) is 25.9. The molecule has 1 aliphatic rings. The molecule has 37 heavy (non-hydrogen) atoms. The van der Waals surface area contributed by atoms with Crippen LogP contribution in [0.1, 0.15) is 5.56 Å². The van der Waals surface area contributed by atoms with Crippen molar-refractivity contribution in [3.63, 3.8) is 0 Å². The zero-order valence-electron chi connectivity index (χ0n) is 21.1. The van der Waals surface area contributed by atoms with Crippen LogP contribution in [0.25, 0.3) is 22.2 Å². The number of nitrogen functional groups attached to an aromatic ring is 1. The number of aromatic nitrogens is 3. The van der Waals surface area contributed by atoms with Crippen LogP contribution in [0.15, 0.2) is 54.7 Å². The van der Waals surface area contributed by atoms with Crippen LogP contribution in [-0.2, 0) is 0 Å². The number of urea groups is 1. The molecule has 0 saturated carbocycles. The molecule has 1 saturated heterocycles. The Bertz CT molecular complexity index is 1450. The Morgan fingerprint density at radius 3 is 2.46 bits per heavy atom. The summed E-state index contributed by atoms with van der Waals surface area (Å²) in [5, 5.41) is 2.98. The SMILES string of the molecule is COc1ccc(-c2cnc3c(N4CCN(C(=O)Nc5cccc(C)c5)CC4)nc(N)nc3c2)cc1OC. The number of anilines is 3. The van der Waals surface area contributed by atoms with E-state index in [0.717, 1.165) is 22.4 Å². The summed E-state index contributed by atoms with van der Waals surface area (Å²) in [4.78, 5) is 30.3. The predicted molar refractivity (Wildman–Crippen MR) is 144 cm³/mol. The number of hydrogen-bond donors (Lipinski definition) is 2. The fourth-order valence-electron chi connectivity index (χ4n) is 4.46. The van der Waals surface area contributed by atoms with E-state index < -0.39 is 0 Å². The molecule has 0 atom stereocenters. The van der Waals surface area contributed by atoms with Crippen molar-refractivity contribution in [2.75, 3.05) is 56.3 Å². The van der Waals surface area contributed by atoms with E-state index in [9.17, 15) is 4.79 Å². The van der Waals surface area contributed by atoms with Crippen molar-refractivity contribution >= 4 is 34.5 Å². The van der Waals surface area contributed by atoms with Crippen LogP contribution in [0.5, 0.6) is 11.5 Å². The van der Waals surface area contributed by atoms with Crippen LogP contribution < -0.4 is 25.4 Å². The summed E-state index contributed by atoms with van der Waals surface area (Å²) in [6, 6.07) is 15.3. The van der Waals surface area contributed by atoms with Crippen molar-refractivity contribution in [1.82, 2.24) is 19.9 Å². The minimum absolute atomic E-state index is 0.116. The minimum Gasteiger partial charge on any atom is -0.493 e. The van der Waals surface area contributed by atoms with Gasteiger partial charge in [-0.15, -0.1) is 0 Å². The van der Waals surface area contributed by atoms with Gasteiger partial charge in [0, 0.05) is 43.6 Å². The Labute approximate surface area is 215 Å². The largest absolute Gasteiger partial charge is 0.493 e. The van der Waals surface area contributed by atoms with Crippen molar-refractivity contribution in [3.05, 3.63) is 60.3 Å². The molecule has 0 unspecified atom stereocenters. The number of piperazine rings is 1. The van der Waals surface area contributed by atoms with E-state index >= 15 is 0 Å². The van der Waals surface area contributed by atoms with E-state index in [4.69, 9.17) is 20.2 Å². The molecule has 0 radical (unpaired) electrons. The van der Waals surface area contributed by atoms with Crippen molar-refractivity contribution < 1.29 is 14.3 Å². The summed E-state index contributed by atoms with van der Waals surface area (Å²) in [6.45, 7) is 4.30. The first-order valence-corrected chi connectivity index (χ1v) is 12.0. The molecule has 2 aromatic carbocycles. The smallest absolute Gasteiger partial charge is 0.321 e. The summed E-state index contributed by atoms with van der Waals surface area (Å²) < 4.78 is 10.8. The van der Waals surface area contributed by atoms with E-state index in [1.165, 1.54) is 0 Å². The fourth-order valence-corrected chi connectivity index (χ4v) is 4.46. The molecule has 2 amide bonds. The first-order valence-electron chi connectivity index (χ1n) is 12.0. The number of pyridine rings is 1. The molecule has 0 spiro atoms. The Balaban J connectivity index is 1.35. The van der Waals surface area contributed by atoms with Crippen LogP contribution in [-0.4, -0.2) is 66.3 Å². The number of rotatable bonds is 5. The number of nitrogens with one attached hydrogen (secondary N) is 1. The Morgan fingerprint density at radius 2 is 1.73 bits per heavy atom. The predicted octanol–water partition coefficient (Wildman–Crippen LogP) is 3.95. The van der Waals surface area contributed by atoms with Crippen LogP contribution in [0.4, 0.5) is 22.2 Å². The van der Waals surface area contributed by atoms with Gasteiger partial charge in [-0.3, -0.25) is 4.98 Å². The second-order valence-corrected chi connectivity index (χ2v) is 8.84. The molecule has 5 rings (SSSR count). The summed E-state index contributed by atoms with van der Waals surface area (Å²) >= 11 is 0. The molecule has 0 aliphatic carbocycles. The van der Waals surface area contributed by atoms with E-state index in [2.05, 4.69) is 20.2 Å². The lowest BCUT2D eigenvalue weighted by Gasteiger charge is -2.35. The lowest BCUT2D eigenvalue weighted by Crippen LogP contribution is -2.50. The number of carbonyl (C=O) groups excluding carboxylic acids is 1. The van der Waals surface area contributed by atoms with E-state index in [0.29, 0.717) is 54.5 Å². The minimum atomic E-state index is -0.116. The first-order chi connectivity index (χ1) is 17.9. The topological polar surface area (TPSA) is 119 Å². The highest BCUT2D eigenvalue weighted by molar-refractivity contribution is 5.91. The molecule has 10 heteroatoms. The van der Waals surface area contributed by atoms with Gasteiger partial charge < -0.3 is 30.3 Å². The third kappa shape index (κ3) is 5.04. The van der Waals surface area contributed by atoms with Gasteiger partial charge in [-0.1, -0.05) is 18.2 Å². The van der Waals surface area contributed by atoms with Crippen molar-refractivity contribution in [2.24, 2.45) is 0 Å². The van der Waals surface area contributed by atoms with E-state index in [-0.39, 0.29) is 12.0 Å². The normalized spacial score (nSPS) is 13.5. The van der Waals surface area contributed by atoms with Gasteiger partial charge in [0.15, 0.2) is 17.3 Å². The molecular formula is C27H29N7O3. The van der Waals surface area contributed by atoms with E-state index in [1.54, 1.807) is 25.3 Å². The average Bonchev–Trinajstić information content (AvgIpc) is 2.92. The maximum Gasteiger partial charge on any atom is 0.321 e. The fraction of sp³-hybridized carbons (Fsp3) is 0.259. The van der Waals surface area contributed by atoms with Gasteiger partial charge in [-0.25, -0.2) is 9.78 Å². The summed E-state index contributed by atoms with van der Waals surface area (Å²) in [5.41, 5.74) is 11.1. The Morgan fingerprint density at radius 1 is 0.946 bits per heavy atom. The number of carbonyl (C=O) groups is 1. The van der Waals surface area contributed by atoms with E-state index in [1.807, 2.05) is 55.5 Å². The number of methoxy groups -OCH3 is 2. The lowest BCUT2D eigenvalue weighted by molar-refractivity contribution is 0.208. The molecule has 3 heterocycles. The van der Waals surface area contributed by atoms with Gasteiger partial charge in [0.2, 0.25) is 5.95 Å². The number of amides is 2. The number of benzene rings is 2. The molecule has 2 aromatic heterocycles. The zero-order valence-corrected chi connectivity index (χ0v) is 21.1. The number of hydrogen-bond acceptors (Lipinski definition) is 8. The van der Waals surface area contributed by atoms with Crippen molar-refractivity contribution in [3.8, 4) is 22.6 Å². The van der Waals surface area contributed by atoms with Crippen LogP contribution >= 0.6 is 0 Å². The van der Waals surface area contributed by atoms with Gasteiger partial charge in [0.25, 0.3) is 0 Å². The van der Waals surface area contributed by atoms with Gasteiger partial charge in [-0.2, -0.15) is 4.98 Å². The molecule has 1 aliphatic heterocycles. The summed E-state index contributed by atoms with van der Waals surface area (Å²) in [5.74, 6) is 2.13. The number of fused-ring (bicyclic) bond motifs is 1. The van der Waals surface area contributed by atoms with Gasteiger partial charge in [0.1, 0.15) is 5.52 Å². The third-order valence-electron chi connectivity index (χ3n) is 6.39. The number of nitrogens with zero attached hydrogens (tertiary/aromatic N) is 5. The standard InChI is InChI=1S/C27H29N7O3/c1-17-5-4-6-20(13-17)30-27(35)34-11-9-33(10-12-34)25-24-21(31-26(28)32-25)14-19(16-29-24)18-7-8-22(36-2)23(15-18)37-3/h4-8,13-16H,9-12H2,1-3H3,(H,30,35)(H2,28,31,32). The van der Waals surface area contributed by atoms with Gasteiger partial charge in [-0.05, 0) is 48.4 Å². The lowest BCUT2D eigenvalue weighted by atomic mass is 10.1. The first kappa shape index (κ1) is 24.1.